The molecule has 0 unspecified atom stereocenters. The van der Waals surface area contributed by atoms with E-state index in [9.17, 15) is 9.59 Å². The third-order valence-electron chi connectivity index (χ3n) is 3.48. The standard InChI is InChI=1S/C18H19NO3S.2C6H4/c1-2-18(21)22-16-10-8-15(9-11-16)19-17(20)13-23-12-14-6-4-3-5-7-14;2*1-3-5-6-4-2/h3-11H,2,12-13H2,1H3,(H,19,20);2*1-2H2. The fourth-order valence-corrected chi connectivity index (χ4v) is 2.81. The Balaban J connectivity index is 0.000000797. The average molecular weight is 482 g/mol. The van der Waals surface area contributed by atoms with Crippen molar-refractivity contribution < 1.29 is 14.3 Å². The highest BCUT2D eigenvalue weighted by Crippen LogP contribution is 2.17. The molecule has 176 valence electrons. The quantitative estimate of drug-likeness (QED) is 0.271. The fourth-order valence-electron chi connectivity index (χ4n) is 2.02. The van der Waals surface area contributed by atoms with E-state index in [0.717, 1.165) is 5.75 Å². The van der Waals surface area contributed by atoms with Gasteiger partial charge in [0.15, 0.2) is 0 Å². The Labute approximate surface area is 211 Å². The number of esters is 1. The van der Waals surface area contributed by atoms with E-state index in [-0.39, 0.29) is 11.9 Å². The van der Waals surface area contributed by atoms with Gasteiger partial charge in [-0.25, -0.2) is 0 Å². The SMILES string of the molecule is C=C=C=C=C=C.C=C=C=C=C=C.CCC(=O)Oc1ccc(NC(=O)CSCc2ccccc2)cc1. The van der Waals surface area contributed by atoms with Gasteiger partial charge < -0.3 is 10.1 Å². The maximum absolute atomic E-state index is 11.9. The smallest absolute Gasteiger partial charge is 0.310 e. The Morgan fingerprint density at radius 1 is 0.829 bits per heavy atom. The minimum atomic E-state index is -0.279. The summed E-state index contributed by atoms with van der Waals surface area (Å²) < 4.78 is 5.08. The largest absolute Gasteiger partial charge is 0.427 e. The number of benzene rings is 2. The van der Waals surface area contributed by atoms with Crippen LogP contribution < -0.4 is 10.1 Å². The molecular formula is C30H27NO3S. The van der Waals surface area contributed by atoms with Crippen LogP contribution >= 0.6 is 11.8 Å². The summed E-state index contributed by atoms with van der Waals surface area (Å²) in [6.45, 7) is 14.7. The van der Waals surface area contributed by atoms with Crippen LogP contribution in [-0.4, -0.2) is 17.6 Å². The number of carbonyl (C=O) groups is 2. The number of carbonyl (C=O) groups excluding carboxylic acids is 2. The first kappa shape index (κ1) is 30.5. The van der Waals surface area contributed by atoms with Gasteiger partial charge in [-0.15, -0.1) is 11.8 Å². The average Bonchev–Trinajstić information content (AvgIpc) is 2.88. The third-order valence-corrected chi connectivity index (χ3v) is 4.49. The zero-order chi connectivity index (χ0) is 26.2. The summed E-state index contributed by atoms with van der Waals surface area (Å²) in [6.07, 6.45) is 0.330. The van der Waals surface area contributed by atoms with Gasteiger partial charge in [-0.3, -0.25) is 9.59 Å². The summed E-state index contributed by atoms with van der Waals surface area (Å²) in [5, 5.41) is 2.82. The zero-order valence-corrected chi connectivity index (χ0v) is 20.6. The van der Waals surface area contributed by atoms with Crippen LogP contribution in [-0.2, 0) is 15.3 Å². The molecule has 0 saturated carbocycles. The van der Waals surface area contributed by atoms with E-state index in [1.807, 2.05) is 30.3 Å². The Hall–Kier alpha value is -4.55. The number of amides is 1. The number of nitrogens with one attached hydrogen (secondary N) is 1. The molecule has 0 spiro atoms. The second-order valence-electron chi connectivity index (χ2n) is 6.09. The molecule has 5 heteroatoms. The molecule has 1 amide bonds. The Kier molecular flexibility index (Phi) is 18.5. The Bertz CT molecular complexity index is 1150. The highest BCUT2D eigenvalue weighted by atomic mass is 32.2. The maximum Gasteiger partial charge on any atom is 0.310 e. The molecule has 0 atom stereocenters. The van der Waals surface area contributed by atoms with Crippen molar-refractivity contribution in [1.82, 2.24) is 0 Å². The molecule has 0 aliphatic rings. The molecular weight excluding hydrogens is 454 g/mol. The summed E-state index contributed by atoms with van der Waals surface area (Å²) in [5.74, 6) is 1.35. The number of ether oxygens (including phenoxy) is 1. The lowest BCUT2D eigenvalue weighted by molar-refractivity contribution is -0.134. The minimum Gasteiger partial charge on any atom is -0.427 e. The summed E-state index contributed by atoms with van der Waals surface area (Å²) in [7, 11) is 0. The van der Waals surface area contributed by atoms with Gasteiger partial charge in [-0.05, 0) is 79.1 Å². The Morgan fingerprint density at radius 3 is 1.80 bits per heavy atom. The maximum atomic E-state index is 11.9. The van der Waals surface area contributed by atoms with E-state index in [0.29, 0.717) is 23.6 Å². The van der Waals surface area contributed by atoms with Gasteiger partial charge in [0.25, 0.3) is 0 Å². The van der Waals surface area contributed by atoms with Crippen LogP contribution in [0, 0.1) is 0 Å². The van der Waals surface area contributed by atoms with Crippen LogP contribution in [0.3, 0.4) is 0 Å². The van der Waals surface area contributed by atoms with E-state index in [4.69, 9.17) is 4.74 Å². The molecule has 2 rings (SSSR count). The van der Waals surface area contributed by atoms with Crippen LogP contribution in [0.5, 0.6) is 5.75 Å². The first-order chi connectivity index (χ1) is 17.0. The monoisotopic (exact) mass is 481 g/mol. The lowest BCUT2D eigenvalue weighted by atomic mass is 10.2. The van der Waals surface area contributed by atoms with E-state index in [1.54, 1.807) is 43.0 Å². The molecule has 2 aromatic carbocycles. The van der Waals surface area contributed by atoms with Crippen molar-refractivity contribution in [3.63, 3.8) is 0 Å². The number of thioether (sulfide) groups is 1. The van der Waals surface area contributed by atoms with Crippen LogP contribution in [0.15, 0.2) is 127 Å². The Morgan fingerprint density at radius 2 is 1.34 bits per heavy atom. The van der Waals surface area contributed by atoms with Crippen molar-refractivity contribution in [1.29, 1.82) is 0 Å². The van der Waals surface area contributed by atoms with Gasteiger partial charge in [0.1, 0.15) is 5.75 Å². The van der Waals surface area contributed by atoms with E-state index in [2.05, 4.69) is 77.5 Å². The number of rotatable bonds is 7. The summed E-state index contributed by atoms with van der Waals surface area (Å²) in [5.41, 5.74) is 21.0. The van der Waals surface area contributed by atoms with Gasteiger partial charge in [0.2, 0.25) is 5.91 Å². The number of anilines is 1. The van der Waals surface area contributed by atoms with Crippen LogP contribution in [0.2, 0.25) is 0 Å². The van der Waals surface area contributed by atoms with E-state index < -0.39 is 0 Å². The molecule has 0 bridgehead atoms. The van der Waals surface area contributed by atoms with Crippen molar-refractivity contribution in [3.05, 3.63) is 132 Å². The molecule has 0 aliphatic heterocycles. The van der Waals surface area contributed by atoms with E-state index in [1.165, 1.54) is 5.56 Å². The van der Waals surface area contributed by atoms with E-state index >= 15 is 0 Å². The van der Waals surface area contributed by atoms with Gasteiger partial charge in [0.05, 0.1) is 5.75 Å². The molecule has 0 radical (unpaired) electrons. The number of hydrogen-bond acceptors (Lipinski definition) is 4. The van der Waals surface area contributed by atoms with Crippen LogP contribution in [0.4, 0.5) is 5.69 Å². The van der Waals surface area contributed by atoms with Gasteiger partial charge in [-0.2, -0.15) is 0 Å². The molecule has 2 aromatic rings. The lowest BCUT2D eigenvalue weighted by Crippen LogP contribution is -2.14. The van der Waals surface area contributed by atoms with Crippen molar-refractivity contribution in [3.8, 4) is 5.75 Å². The molecule has 0 aliphatic carbocycles. The molecule has 1 N–H and O–H groups in total. The normalized spacial score (nSPS) is 7.80. The summed E-state index contributed by atoms with van der Waals surface area (Å²) in [4.78, 5) is 23.1. The lowest BCUT2D eigenvalue weighted by Gasteiger charge is -2.07. The molecule has 0 aromatic heterocycles. The second kappa shape index (κ2) is 21.3. The van der Waals surface area contributed by atoms with Crippen molar-refractivity contribution in [2.75, 3.05) is 11.1 Å². The van der Waals surface area contributed by atoms with Gasteiger partial charge in [-0.1, -0.05) is 60.2 Å². The third kappa shape index (κ3) is 17.7. The highest BCUT2D eigenvalue weighted by molar-refractivity contribution is 7.99. The van der Waals surface area contributed by atoms with Gasteiger partial charge in [0, 0.05) is 17.9 Å². The van der Waals surface area contributed by atoms with Crippen molar-refractivity contribution >= 4 is 29.3 Å². The number of hydrogen-bond donors (Lipinski definition) is 1. The molecule has 4 nitrogen and oxygen atoms in total. The molecule has 35 heavy (non-hydrogen) atoms. The predicted molar refractivity (Wildman–Crippen MR) is 144 cm³/mol. The van der Waals surface area contributed by atoms with Crippen molar-refractivity contribution in [2.45, 2.75) is 19.1 Å². The zero-order valence-electron chi connectivity index (χ0n) is 19.8. The molecule has 0 heterocycles. The first-order valence-corrected chi connectivity index (χ1v) is 11.5. The minimum absolute atomic E-state index is 0.0516. The first-order valence-electron chi connectivity index (χ1n) is 10.3. The topological polar surface area (TPSA) is 55.4 Å². The van der Waals surface area contributed by atoms with Crippen molar-refractivity contribution in [2.24, 2.45) is 0 Å². The molecule has 0 saturated heterocycles. The predicted octanol–water partition coefficient (Wildman–Crippen LogP) is 6.72. The summed E-state index contributed by atoms with van der Waals surface area (Å²) >= 11 is 1.57. The summed E-state index contributed by atoms with van der Waals surface area (Å²) in [6, 6.07) is 16.8. The second-order valence-corrected chi connectivity index (χ2v) is 7.07. The fraction of sp³-hybridized carbons (Fsp3) is 0.133. The van der Waals surface area contributed by atoms with Crippen LogP contribution in [0.25, 0.3) is 0 Å². The highest BCUT2D eigenvalue weighted by Gasteiger charge is 2.05. The van der Waals surface area contributed by atoms with Crippen LogP contribution in [0.1, 0.15) is 18.9 Å². The molecule has 0 fully saturated rings. The van der Waals surface area contributed by atoms with Gasteiger partial charge >= 0.3 is 5.97 Å².